The molecule has 0 spiro atoms. The molecule has 4 heteroatoms. The van der Waals surface area contributed by atoms with Crippen molar-refractivity contribution in [3.05, 3.63) is 12.2 Å². The van der Waals surface area contributed by atoms with E-state index in [0.717, 1.165) is 6.42 Å². The minimum absolute atomic E-state index is 0.319. The van der Waals surface area contributed by atoms with Gasteiger partial charge in [0.25, 0.3) is 0 Å². The van der Waals surface area contributed by atoms with Gasteiger partial charge in [0.2, 0.25) is 0 Å². The molecule has 0 aliphatic heterocycles. The molecule has 0 aromatic heterocycles. The Bertz CT molecular complexity index is 257. The fourth-order valence-corrected chi connectivity index (χ4v) is 1.52. The van der Waals surface area contributed by atoms with Crippen LogP contribution in [0.15, 0.2) is 12.2 Å². The Morgan fingerprint density at radius 1 is 1.43 bits per heavy atom. The molecule has 1 aliphatic rings. The zero-order chi connectivity index (χ0) is 10.6. The van der Waals surface area contributed by atoms with Crippen molar-refractivity contribution in [2.24, 2.45) is 5.92 Å². The normalized spacial score (nSPS) is 25.6. The zero-order valence-corrected chi connectivity index (χ0v) is 8.36. The third-order valence-corrected chi connectivity index (χ3v) is 2.17. The Hall–Kier alpha value is -1.32. The van der Waals surface area contributed by atoms with Crippen LogP contribution in [-0.2, 0) is 19.1 Å². The number of ether oxygens (including phenoxy) is 2. The summed E-state index contributed by atoms with van der Waals surface area (Å²) in [6, 6.07) is 0. The van der Waals surface area contributed by atoms with Crippen LogP contribution in [0.25, 0.3) is 0 Å². The lowest BCUT2D eigenvalue weighted by molar-refractivity contribution is -0.156. The van der Waals surface area contributed by atoms with Gasteiger partial charge in [0.15, 0.2) is 0 Å². The largest absolute Gasteiger partial charge is 0.469 e. The Labute approximate surface area is 82.9 Å². The maximum atomic E-state index is 11.3. The Morgan fingerprint density at radius 2 is 2.14 bits per heavy atom. The van der Waals surface area contributed by atoms with Crippen LogP contribution in [0.4, 0.5) is 0 Å². The lowest BCUT2D eigenvalue weighted by Crippen LogP contribution is -2.33. The molecule has 0 saturated heterocycles. The summed E-state index contributed by atoms with van der Waals surface area (Å²) in [5.41, 5.74) is 0. The van der Waals surface area contributed by atoms with Crippen molar-refractivity contribution in [2.45, 2.75) is 25.9 Å². The summed E-state index contributed by atoms with van der Waals surface area (Å²) in [6.07, 6.45) is 4.67. The zero-order valence-electron chi connectivity index (χ0n) is 8.36. The average molecular weight is 198 g/mol. The third-order valence-electron chi connectivity index (χ3n) is 2.17. The lowest BCUT2D eigenvalue weighted by Gasteiger charge is -2.24. The number of hydrogen-bond donors (Lipinski definition) is 0. The summed E-state index contributed by atoms with van der Waals surface area (Å²) in [5.74, 6) is -1.05. The number of methoxy groups -OCH3 is 1. The van der Waals surface area contributed by atoms with E-state index in [9.17, 15) is 9.59 Å². The molecule has 0 saturated carbocycles. The van der Waals surface area contributed by atoms with Crippen LogP contribution in [0, 0.1) is 5.92 Å². The molecule has 0 amide bonds. The van der Waals surface area contributed by atoms with Crippen LogP contribution < -0.4 is 0 Å². The minimum atomic E-state index is -0.464. The van der Waals surface area contributed by atoms with Crippen molar-refractivity contribution in [1.82, 2.24) is 0 Å². The Morgan fingerprint density at radius 3 is 2.71 bits per heavy atom. The summed E-state index contributed by atoms with van der Waals surface area (Å²) < 4.78 is 9.64. The second kappa shape index (κ2) is 4.79. The molecule has 0 unspecified atom stereocenters. The van der Waals surface area contributed by atoms with Crippen molar-refractivity contribution >= 4 is 11.9 Å². The SMILES string of the molecule is COC(=O)[C@@H]1CCC=C[C@@H]1OC(C)=O. The fraction of sp³-hybridized carbons (Fsp3) is 0.600. The summed E-state index contributed by atoms with van der Waals surface area (Å²) in [4.78, 5) is 22.1. The van der Waals surface area contributed by atoms with Gasteiger partial charge < -0.3 is 9.47 Å². The van der Waals surface area contributed by atoms with Crippen LogP contribution in [0.5, 0.6) is 0 Å². The smallest absolute Gasteiger partial charge is 0.312 e. The van der Waals surface area contributed by atoms with Gasteiger partial charge in [-0.3, -0.25) is 9.59 Å². The van der Waals surface area contributed by atoms with Gasteiger partial charge in [-0.2, -0.15) is 0 Å². The van der Waals surface area contributed by atoms with E-state index in [-0.39, 0.29) is 17.9 Å². The lowest BCUT2D eigenvalue weighted by atomic mass is 9.91. The number of esters is 2. The predicted molar refractivity (Wildman–Crippen MR) is 49.4 cm³/mol. The highest BCUT2D eigenvalue weighted by Crippen LogP contribution is 2.22. The summed E-state index contributed by atoms with van der Waals surface area (Å²) >= 11 is 0. The highest BCUT2D eigenvalue weighted by atomic mass is 16.6. The van der Waals surface area contributed by atoms with Gasteiger partial charge in [-0.15, -0.1) is 0 Å². The maximum absolute atomic E-state index is 11.3. The highest BCUT2D eigenvalue weighted by Gasteiger charge is 2.31. The quantitative estimate of drug-likeness (QED) is 0.491. The van der Waals surface area contributed by atoms with Crippen molar-refractivity contribution in [3.8, 4) is 0 Å². The van der Waals surface area contributed by atoms with Gasteiger partial charge in [0, 0.05) is 6.92 Å². The second-order valence-electron chi connectivity index (χ2n) is 3.21. The molecule has 0 fully saturated rings. The van der Waals surface area contributed by atoms with Gasteiger partial charge in [0.05, 0.1) is 13.0 Å². The van der Waals surface area contributed by atoms with Crippen molar-refractivity contribution in [2.75, 3.05) is 7.11 Å². The molecule has 1 aliphatic carbocycles. The maximum Gasteiger partial charge on any atom is 0.312 e. The molecule has 2 atom stereocenters. The van der Waals surface area contributed by atoms with Gasteiger partial charge in [-0.25, -0.2) is 0 Å². The molecule has 0 N–H and O–H groups in total. The van der Waals surface area contributed by atoms with E-state index in [0.29, 0.717) is 6.42 Å². The van der Waals surface area contributed by atoms with E-state index >= 15 is 0 Å². The van der Waals surface area contributed by atoms with Crippen molar-refractivity contribution < 1.29 is 19.1 Å². The number of carbonyl (C=O) groups is 2. The highest BCUT2D eigenvalue weighted by molar-refractivity contribution is 5.74. The molecule has 4 nitrogen and oxygen atoms in total. The van der Waals surface area contributed by atoms with Crippen LogP contribution in [0.1, 0.15) is 19.8 Å². The number of hydrogen-bond acceptors (Lipinski definition) is 4. The molecular weight excluding hydrogens is 184 g/mol. The molecule has 1 rings (SSSR count). The topological polar surface area (TPSA) is 52.6 Å². The first-order valence-electron chi connectivity index (χ1n) is 4.57. The first-order chi connectivity index (χ1) is 6.65. The number of allylic oxidation sites excluding steroid dienone is 1. The van der Waals surface area contributed by atoms with E-state index in [1.54, 1.807) is 6.08 Å². The first kappa shape index (κ1) is 10.8. The van der Waals surface area contributed by atoms with E-state index in [4.69, 9.17) is 4.74 Å². The van der Waals surface area contributed by atoms with Crippen molar-refractivity contribution in [3.63, 3.8) is 0 Å². The van der Waals surface area contributed by atoms with Gasteiger partial charge >= 0.3 is 11.9 Å². The average Bonchev–Trinajstić information content (AvgIpc) is 2.16. The summed E-state index contributed by atoms with van der Waals surface area (Å²) in [5, 5.41) is 0. The van der Waals surface area contributed by atoms with Crippen LogP contribution in [0.2, 0.25) is 0 Å². The fourth-order valence-electron chi connectivity index (χ4n) is 1.52. The number of carbonyl (C=O) groups excluding carboxylic acids is 2. The third kappa shape index (κ3) is 2.58. The predicted octanol–water partition coefficient (Wildman–Crippen LogP) is 1.06. The molecule has 0 aromatic rings. The van der Waals surface area contributed by atoms with Crippen molar-refractivity contribution in [1.29, 1.82) is 0 Å². The minimum Gasteiger partial charge on any atom is -0.469 e. The molecule has 0 radical (unpaired) electrons. The molecular formula is C10H14O4. The van der Waals surface area contributed by atoms with Gasteiger partial charge in [-0.1, -0.05) is 6.08 Å². The Kier molecular flexibility index (Phi) is 3.68. The van der Waals surface area contributed by atoms with E-state index in [1.165, 1.54) is 14.0 Å². The van der Waals surface area contributed by atoms with Gasteiger partial charge in [0.1, 0.15) is 6.10 Å². The van der Waals surface area contributed by atoms with E-state index in [2.05, 4.69) is 4.74 Å². The summed E-state index contributed by atoms with van der Waals surface area (Å²) in [7, 11) is 1.34. The second-order valence-corrected chi connectivity index (χ2v) is 3.21. The number of rotatable bonds is 2. The van der Waals surface area contributed by atoms with Gasteiger partial charge in [-0.05, 0) is 18.9 Å². The molecule has 0 aromatic carbocycles. The van der Waals surface area contributed by atoms with Crippen LogP contribution in [-0.4, -0.2) is 25.2 Å². The Balaban J connectivity index is 2.67. The molecule has 0 heterocycles. The first-order valence-corrected chi connectivity index (χ1v) is 4.57. The monoisotopic (exact) mass is 198 g/mol. The van der Waals surface area contributed by atoms with E-state index < -0.39 is 6.10 Å². The van der Waals surface area contributed by atoms with E-state index in [1.807, 2.05) is 6.08 Å². The molecule has 0 bridgehead atoms. The van der Waals surface area contributed by atoms with Crippen LogP contribution in [0.3, 0.4) is 0 Å². The molecule has 78 valence electrons. The summed E-state index contributed by atoms with van der Waals surface area (Å²) in [6.45, 7) is 1.33. The van der Waals surface area contributed by atoms with Crippen LogP contribution >= 0.6 is 0 Å². The standard InChI is InChI=1S/C10H14O4/c1-7(11)14-9-6-4-3-5-8(9)10(12)13-2/h4,6,8-9H,3,5H2,1-2H3/t8-,9+/m1/s1. The molecule has 14 heavy (non-hydrogen) atoms.